The van der Waals surface area contributed by atoms with Crippen molar-refractivity contribution in [3.05, 3.63) is 0 Å². The van der Waals surface area contributed by atoms with Crippen molar-refractivity contribution >= 4 is 11.9 Å². The number of hydrogen-bond donors (Lipinski definition) is 1. The third kappa shape index (κ3) is 4.25. The highest BCUT2D eigenvalue weighted by atomic mass is 16.5. The lowest BCUT2D eigenvalue weighted by Gasteiger charge is -2.64. The van der Waals surface area contributed by atoms with Gasteiger partial charge >= 0.3 is 11.9 Å². The van der Waals surface area contributed by atoms with Gasteiger partial charge in [-0.15, -0.1) is 0 Å². The monoisotopic (exact) mass is 462 g/mol. The minimum Gasteiger partial charge on any atom is -0.469 e. The molecule has 0 radical (unpaired) electrons. The zero-order valence-electron chi connectivity index (χ0n) is 21.5. The van der Waals surface area contributed by atoms with Gasteiger partial charge in [-0.05, 0) is 105 Å². The topological polar surface area (TPSA) is 72.8 Å². The Morgan fingerprint density at radius 3 is 2.48 bits per heavy atom. The summed E-state index contributed by atoms with van der Waals surface area (Å²) in [7, 11) is 1.47. The molecule has 9 atom stereocenters. The van der Waals surface area contributed by atoms with E-state index in [9.17, 15) is 14.7 Å². The van der Waals surface area contributed by atoms with Crippen LogP contribution in [0.3, 0.4) is 0 Å². The zero-order valence-corrected chi connectivity index (χ0v) is 21.5. The molecule has 5 heteroatoms. The number of hydrogen-bond acceptors (Lipinski definition) is 5. The highest BCUT2D eigenvalue weighted by Gasteiger charge is 2.65. The highest BCUT2D eigenvalue weighted by Crippen LogP contribution is 2.69. The first-order chi connectivity index (χ1) is 15.5. The van der Waals surface area contributed by atoms with Gasteiger partial charge in [-0.25, -0.2) is 0 Å². The molecule has 2 unspecified atom stereocenters. The fourth-order valence-electron chi connectivity index (χ4n) is 9.39. The number of esters is 2. The second kappa shape index (κ2) is 9.17. The van der Waals surface area contributed by atoms with Gasteiger partial charge in [-0.2, -0.15) is 0 Å². The molecule has 0 aromatic carbocycles. The molecular weight excluding hydrogens is 416 g/mol. The van der Waals surface area contributed by atoms with Gasteiger partial charge < -0.3 is 14.6 Å². The van der Waals surface area contributed by atoms with Gasteiger partial charge in [0.15, 0.2) is 0 Å². The first-order valence-corrected chi connectivity index (χ1v) is 13.5. The van der Waals surface area contributed by atoms with E-state index in [4.69, 9.17) is 9.47 Å². The summed E-state index contributed by atoms with van der Waals surface area (Å²) in [5, 5.41) is 11.9. The lowest BCUT2D eigenvalue weighted by Crippen LogP contribution is -2.63. The molecule has 0 spiro atoms. The molecule has 1 N–H and O–H groups in total. The Kier molecular flexibility index (Phi) is 6.95. The quantitative estimate of drug-likeness (QED) is 0.515. The van der Waals surface area contributed by atoms with Crippen LogP contribution in [0.25, 0.3) is 0 Å². The zero-order chi connectivity index (χ0) is 24.0. The predicted octanol–water partition coefficient (Wildman–Crippen LogP) is 5.67. The van der Waals surface area contributed by atoms with E-state index in [1.54, 1.807) is 0 Å². The van der Waals surface area contributed by atoms with Crippen molar-refractivity contribution in [2.45, 2.75) is 116 Å². The van der Waals surface area contributed by atoms with Crippen molar-refractivity contribution in [1.82, 2.24) is 0 Å². The number of carbonyl (C=O) groups is 2. The summed E-state index contributed by atoms with van der Waals surface area (Å²) < 4.78 is 10.4. The molecule has 0 aliphatic heterocycles. The molecule has 4 rings (SSSR count). The summed E-state index contributed by atoms with van der Waals surface area (Å²) in [5.41, 5.74) is -0.399. The van der Waals surface area contributed by atoms with Crippen molar-refractivity contribution in [3.8, 4) is 0 Å². The van der Waals surface area contributed by atoms with Crippen LogP contribution in [-0.4, -0.2) is 35.9 Å². The van der Waals surface area contributed by atoms with Crippen LogP contribution < -0.4 is 0 Å². The van der Waals surface area contributed by atoms with E-state index in [2.05, 4.69) is 20.8 Å². The Morgan fingerprint density at radius 2 is 1.79 bits per heavy atom. The third-order valence-corrected chi connectivity index (χ3v) is 11.1. The van der Waals surface area contributed by atoms with Crippen LogP contribution in [-0.2, 0) is 19.1 Å². The molecule has 4 fully saturated rings. The summed E-state index contributed by atoms with van der Waals surface area (Å²) in [6, 6.07) is 0. The molecule has 0 aromatic heterocycles. The van der Waals surface area contributed by atoms with E-state index < -0.39 is 5.60 Å². The first-order valence-electron chi connectivity index (χ1n) is 13.5. The van der Waals surface area contributed by atoms with Crippen LogP contribution in [0.4, 0.5) is 0 Å². The van der Waals surface area contributed by atoms with E-state index in [0.717, 1.165) is 50.4 Å². The fraction of sp³-hybridized carbons (Fsp3) is 0.929. The van der Waals surface area contributed by atoms with E-state index in [-0.39, 0.29) is 23.5 Å². The Morgan fingerprint density at radius 1 is 1.03 bits per heavy atom. The van der Waals surface area contributed by atoms with Gasteiger partial charge in [-0.1, -0.05) is 20.8 Å². The van der Waals surface area contributed by atoms with Crippen LogP contribution in [0.15, 0.2) is 0 Å². The molecule has 33 heavy (non-hydrogen) atoms. The number of ether oxygens (including phenoxy) is 2. The Bertz CT molecular complexity index is 751. The van der Waals surface area contributed by atoms with Crippen molar-refractivity contribution < 1.29 is 24.2 Å². The minimum absolute atomic E-state index is 0.0713. The molecule has 4 aliphatic rings. The van der Waals surface area contributed by atoms with Gasteiger partial charge in [0.1, 0.15) is 6.10 Å². The van der Waals surface area contributed by atoms with Gasteiger partial charge in [-0.3, -0.25) is 9.59 Å². The maximum atomic E-state index is 11.9. The summed E-state index contributed by atoms with van der Waals surface area (Å²) >= 11 is 0. The summed E-state index contributed by atoms with van der Waals surface area (Å²) in [6.45, 7) is 8.78. The number of carbonyl (C=O) groups excluding carboxylic acids is 2. The van der Waals surface area contributed by atoms with E-state index >= 15 is 0 Å². The van der Waals surface area contributed by atoms with E-state index in [1.807, 2.05) is 0 Å². The Hall–Kier alpha value is -1.10. The average Bonchev–Trinajstić information content (AvgIpc) is 3.11. The van der Waals surface area contributed by atoms with Crippen molar-refractivity contribution in [1.29, 1.82) is 0 Å². The van der Waals surface area contributed by atoms with Crippen molar-refractivity contribution in [2.75, 3.05) is 7.11 Å². The molecule has 0 aromatic rings. The molecule has 5 nitrogen and oxygen atoms in total. The minimum atomic E-state index is -0.709. The molecule has 0 bridgehead atoms. The highest BCUT2D eigenvalue weighted by molar-refractivity contribution is 5.69. The van der Waals surface area contributed by atoms with Crippen LogP contribution in [0, 0.1) is 40.4 Å². The molecule has 0 amide bonds. The van der Waals surface area contributed by atoms with Crippen LogP contribution in [0.1, 0.15) is 105 Å². The molecule has 0 saturated heterocycles. The fourth-order valence-corrected chi connectivity index (χ4v) is 9.39. The summed E-state index contributed by atoms with van der Waals surface area (Å²) in [6.07, 6.45) is 11.9. The van der Waals surface area contributed by atoms with E-state index in [0.29, 0.717) is 36.0 Å². The van der Waals surface area contributed by atoms with Crippen molar-refractivity contribution in [3.63, 3.8) is 0 Å². The van der Waals surface area contributed by atoms with Crippen LogP contribution in [0.2, 0.25) is 0 Å². The van der Waals surface area contributed by atoms with Gasteiger partial charge in [0, 0.05) is 19.8 Å². The number of rotatable bonds is 6. The number of methoxy groups -OCH3 is 1. The predicted molar refractivity (Wildman–Crippen MR) is 127 cm³/mol. The maximum Gasteiger partial charge on any atom is 0.305 e. The summed E-state index contributed by atoms with van der Waals surface area (Å²) in [5.74, 6) is 3.06. The average molecular weight is 463 g/mol. The normalized spacial score (nSPS) is 45.3. The standard InChI is InChI=1S/C28H46O5/c1-18(7-6-8-25(30)32-5)22-9-10-23-21-12-16-28(31)17-20(33-19(2)29)11-15-27(28,4)24(21)13-14-26(22,23)3/h18,20-24,31H,6-17H2,1-5H3/t18?,20-,21-,22+,23-,24-,26+,27+,28?/m0/s1. The Labute approximate surface area is 200 Å². The number of aliphatic hydroxyl groups is 1. The SMILES string of the molecule is COC(=O)CCCC(C)[C@H]1CC[C@H]2[C@@H]3CCC4(O)C[C@@H](OC(C)=O)CC[C@]4(C)[C@H]3CC[C@]12C. The van der Waals surface area contributed by atoms with Crippen LogP contribution >= 0.6 is 0 Å². The lowest BCUT2D eigenvalue weighted by atomic mass is 9.43. The van der Waals surface area contributed by atoms with Crippen molar-refractivity contribution in [2.24, 2.45) is 40.4 Å². The molecule has 4 aliphatic carbocycles. The van der Waals surface area contributed by atoms with Gasteiger partial charge in [0.2, 0.25) is 0 Å². The van der Waals surface area contributed by atoms with Gasteiger partial charge in [0.05, 0.1) is 12.7 Å². The smallest absolute Gasteiger partial charge is 0.305 e. The van der Waals surface area contributed by atoms with Crippen LogP contribution in [0.5, 0.6) is 0 Å². The molecular formula is C28H46O5. The largest absolute Gasteiger partial charge is 0.469 e. The van der Waals surface area contributed by atoms with Gasteiger partial charge in [0.25, 0.3) is 0 Å². The molecule has 0 heterocycles. The maximum absolute atomic E-state index is 11.9. The second-order valence-electron chi connectivity index (χ2n) is 12.5. The lowest BCUT2D eigenvalue weighted by molar-refractivity contribution is -0.224. The third-order valence-electron chi connectivity index (χ3n) is 11.1. The summed E-state index contributed by atoms with van der Waals surface area (Å²) in [4.78, 5) is 23.1. The first kappa shape index (κ1) is 25.0. The molecule has 188 valence electrons. The van der Waals surface area contributed by atoms with E-state index in [1.165, 1.54) is 39.7 Å². The second-order valence-corrected chi connectivity index (χ2v) is 12.5. The Balaban J connectivity index is 1.45. The molecule has 4 saturated carbocycles. The number of fused-ring (bicyclic) bond motifs is 5.